The summed E-state index contributed by atoms with van der Waals surface area (Å²) < 4.78 is 139. The van der Waals surface area contributed by atoms with Crippen LogP contribution in [-0.4, -0.2) is 103 Å². The molecule has 704 valence electrons. The van der Waals surface area contributed by atoms with E-state index >= 15 is 0 Å². The predicted molar refractivity (Wildman–Crippen MR) is 541 cm³/mol. The van der Waals surface area contributed by atoms with Gasteiger partial charge in [-0.2, -0.15) is 0 Å². The molecule has 0 saturated carbocycles. The van der Waals surface area contributed by atoms with Crippen molar-refractivity contribution < 1.29 is 66.9 Å². The van der Waals surface area contributed by atoms with Crippen molar-refractivity contribution in [3.63, 3.8) is 0 Å². The quantitative estimate of drug-likeness (QED) is 0.0249. The Bertz CT molecular complexity index is 7490. The molecule has 0 amide bonds. The zero-order valence-corrected chi connectivity index (χ0v) is 79.8. The van der Waals surface area contributed by atoms with Gasteiger partial charge in [0.25, 0.3) is 20.0 Å². The van der Waals surface area contributed by atoms with Crippen LogP contribution in [0.2, 0.25) is 0 Å². The molecule has 17 aromatic rings. The number of hydrogen-bond acceptors (Lipinski definition) is 23. The van der Waals surface area contributed by atoms with Crippen LogP contribution in [-0.2, 0) is 139 Å². The molecule has 0 aliphatic heterocycles. The molecule has 4 heterocycles. The third-order valence-corrected chi connectivity index (χ3v) is 30.3. The standard InChI is InChI=1S/C32H29N3O5S2.C27H24N2O4S.C26H24N2O3S.C25H22N2O3S/c36-22-26-16-18-29(19-17-26)31-21-33-32(30(34-31)20-25-10-4-1-5-11-25)35(41(37,38)23-27-12-6-2-7-13-27)42(39,40)24-28-14-8-3-9-15-28;1-20(30)33-24-14-12-23(13-15-24)26-17-28-27(25(29-26)16-21-8-4-2-5-9-21)19-34(31,32)18-22-10-6-3-7-11-22;29-17-21-11-13-23(14-12-21)25-16-27-26(24(28-25)15-20-7-3-1-4-8-20)19-32(30,31)18-22-9-5-2-6-10-22;28-22-13-11-21(12-14-22)24-16-26-25(23(27-24)15-19-7-3-1-4-8-19)18-31(29,30)17-20-9-5-2-6-10-20/h1-19,21,36H,20,22-24H2;2-15,17H,16,18-19H2,1H3;1-14,16,29H,15,17-19H2;1-14,16,28H,15,17-18H2. The number of carbonyl (C=O) groups is 1. The van der Waals surface area contributed by atoms with Gasteiger partial charge in [-0.05, 0) is 110 Å². The Morgan fingerprint density at radius 1 is 0.259 bits per heavy atom. The SMILES string of the molecule is CC(=O)Oc1ccc(-c2cnc(CS(=O)(=O)Cc3ccccc3)c(Cc3ccccc3)n2)cc1.O=S(=O)(Cc1ccccc1)Cc1ncc(-c2ccc(CO)cc2)nc1Cc1ccccc1.O=S(=O)(Cc1ccccc1)Cc1ncc(-c2ccc(O)cc2)nc1Cc1ccccc1.O=S(=O)(Cc1ccccc1)N(c1ncc(-c2ccc(CO)cc2)nc1Cc1ccccc1)S(=O)(=O)Cc1ccccc1. The van der Waals surface area contributed by atoms with Gasteiger partial charge in [-0.1, -0.05) is 322 Å². The van der Waals surface area contributed by atoms with E-state index in [0.717, 1.165) is 66.8 Å². The summed E-state index contributed by atoms with van der Waals surface area (Å²) in [6, 6.07) is 111. The molecule has 0 atom stereocenters. The van der Waals surface area contributed by atoms with Gasteiger partial charge in [0.15, 0.2) is 35.3 Å². The Morgan fingerprint density at radius 3 is 0.755 bits per heavy atom. The third kappa shape index (κ3) is 30.0. The number of nitrogens with zero attached hydrogens (tertiary/aromatic N) is 9. The minimum absolute atomic E-state index is 0.0244. The van der Waals surface area contributed by atoms with Crippen molar-refractivity contribution in [2.45, 2.75) is 91.8 Å². The Morgan fingerprint density at radius 2 is 0.489 bits per heavy atom. The molecule has 139 heavy (non-hydrogen) atoms. The first-order valence-electron chi connectivity index (χ1n) is 44.2. The smallest absolute Gasteiger partial charge is 0.308 e. The largest absolute Gasteiger partial charge is 0.508 e. The lowest BCUT2D eigenvalue weighted by molar-refractivity contribution is -0.131. The summed E-state index contributed by atoms with van der Waals surface area (Å²) in [7, 11) is -19.3. The van der Waals surface area contributed by atoms with Crippen LogP contribution in [0, 0.1) is 0 Å². The second-order valence-corrected chi connectivity index (χ2v) is 42.8. The molecular weight excluding hydrogens is 1850 g/mol. The van der Waals surface area contributed by atoms with Crippen LogP contribution in [0.1, 0.15) is 108 Å². The number of sulfonamides is 2. The second kappa shape index (κ2) is 47.6. The summed E-state index contributed by atoms with van der Waals surface area (Å²) in [6.07, 6.45) is 7.75. The number of phenols is 1. The maximum atomic E-state index is 14.0. The minimum Gasteiger partial charge on any atom is -0.508 e. The highest BCUT2D eigenvalue weighted by atomic mass is 32.3. The number of sulfone groups is 3. The van der Waals surface area contributed by atoms with E-state index in [-0.39, 0.29) is 71.4 Å². The highest BCUT2D eigenvalue weighted by Gasteiger charge is 2.38. The van der Waals surface area contributed by atoms with E-state index < -0.39 is 67.0 Å². The number of esters is 1. The number of aromatic hydroxyl groups is 1. The predicted octanol–water partition coefficient (Wildman–Crippen LogP) is 18.8. The van der Waals surface area contributed by atoms with Gasteiger partial charge >= 0.3 is 5.97 Å². The lowest BCUT2D eigenvalue weighted by atomic mass is 10.1. The van der Waals surface area contributed by atoms with Crippen molar-refractivity contribution >= 4 is 61.3 Å². The molecule has 29 heteroatoms. The topological polar surface area (TPSA) is 364 Å². The minimum atomic E-state index is -4.49. The molecule has 0 spiro atoms. The summed E-state index contributed by atoms with van der Waals surface area (Å²) in [5.74, 6) is -1.79. The lowest BCUT2D eigenvalue weighted by Crippen LogP contribution is -2.40. The molecular formula is C110H99N9O15S5. The van der Waals surface area contributed by atoms with E-state index in [1.165, 1.54) is 13.1 Å². The Balaban J connectivity index is 0.000000149. The van der Waals surface area contributed by atoms with E-state index in [1.54, 1.807) is 164 Å². The van der Waals surface area contributed by atoms with Crippen LogP contribution in [0.3, 0.4) is 0 Å². The number of carbonyl (C=O) groups excluding carboxylic acids is 1. The van der Waals surface area contributed by atoms with Gasteiger partial charge in [-0.15, -0.1) is 3.71 Å². The normalized spacial score (nSPS) is 11.4. The number of hydrogen-bond donors (Lipinski definition) is 3. The van der Waals surface area contributed by atoms with Gasteiger partial charge < -0.3 is 20.1 Å². The zero-order valence-electron chi connectivity index (χ0n) is 75.7. The molecule has 0 aliphatic rings. The van der Waals surface area contributed by atoms with Crippen LogP contribution in [0.15, 0.2) is 395 Å². The number of anilines is 1. The summed E-state index contributed by atoms with van der Waals surface area (Å²) in [6.45, 7) is 1.21. The molecule has 0 unspecified atom stereocenters. The van der Waals surface area contributed by atoms with Gasteiger partial charge in [0, 0.05) is 54.9 Å². The van der Waals surface area contributed by atoms with Crippen LogP contribution >= 0.6 is 0 Å². The number of ether oxygens (including phenoxy) is 1. The third-order valence-electron chi connectivity index (χ3n) is 21.7. The first kappa shape index (κ1) is 99.9. The highest BCUT2D eigenvalue weighted by molar-refractivity contribution is 8.09. The Hall–Kier alpha value is -15.1. The van der Waals surface area contributed by atoms with E-state index in [4.69, 9.17) is 24.7 Å². The fourth-order valence-corrected chi connectivity index (χ4v) is 23.4. The molecule has 0 saturated heterocycles. The van der Waals surface area contributed by atoms with Crippen LogP contribution in [0.25, 0.3) is 45.0 Å². The fourth-order valence-electron chi connectivity index (χ4n) is 15.0. The van der Waals surface area contributed by atoms with E-state index in [1.807, 2.05) is 224 Å². The second-order valence-electron chi connectivity index (χ2n) is 32.7. The van der Waals surface area contributed by atoms with Gasteiger partial charge in [0.05, 0.1) is 147 Å². The lowest BCUT2D eigenvalue weighted by Gasteiger charge is -2.25. The molecule has 0 fully saturated rings. The average Bonchev–Trinajstić information content (AvgIpc) is 0.754. The number of aliphatic hydroxyl groups is 2. The molecule has 0 aliphatic carbocycles. The number of aliphatic hydroxyl groups excluding tert-OH is 2. The first-order valence-corrected chi connectivity index (χ1v) is 52.9. The van der Waals surface area contributed by atoms with E-state index in [9.17, 15) is 62.2 Å². The number of aromatic nitrogens is 8. The maximum Gasteiger partial charge on any atom is 0.308 e. The van der Waals surface area contributed by atoms with Gasteiger partial charge in [0.2, 0.25) is 0 Å². The monoisotopic (exact) mass is 1950 g/mol. The number of phenolic OH excluding ortho intramolecular Hbond substituents is 1. The zero-order chi connectivity index (χ0) is 97.6. The Labute approximate surface area is 810 Å². The molecule has 3 N–H and O–H groups in total. The first-order chi connectivity index (χ1) is 67.1. The summed E-state index contributed by atoms with van der Waals surface area (Å²) in [5.41, 5.74) is 17.5. The van der Waals surface area contributed by atoms with E-state index in [0.29, 0.717) is 102 Å². The highest BCUT2D eigenvalue weighted by Crippen LogP contribution is 2.34. The fraction of sp³-hybridized carbons (Fsp3) is 0.136. The maximum absolute atomic E-state index is 14.0. The molecule has 17 rings (SSSR count). The summed E-state index contributed by atoms with van der Waals surface area (Å²) >= 11 is 0. The van der Waals surface area contributed by atoms with E-state index in [2.05, 4.69) is 19.9 Å². The van der Waals surface area contributed by atoms with Crippen molar-refractivity contribution in [1.29, 1.82) is 0 Å². The molecule has 0 bridgehead atoms. The van der Waals surface area contributed by atoms with Crippen LogP contribution in [0.4, 0.5) is 5.82 Å². The van der Waals surface area contributed by atoms with Crippen molar-refractivity contribution in [3.8, 4) is 56.5 Å². The van der Waals surface area contributed by atoms with Crippen molar-refractivity contribution in [3.05, 3.63) is 496 Å². The van der Waals surface area contributed by atoms with Gasteiger partial charge in [-0.3, -0.25) is 19.7 Å². The number of benzene rings is 13. The average molecular weight is 1950 g/mol. The van der Waals surface area contributed by atoms with Crippen LogP contribution in [0.5, 0.6) is 11.5 Å². The molecule has 0 radical (unpaired) electrons. The summed E-state index contributed by atoms with van der Waals surface area (Å²) in [5, 5.41) is 28.2. The molecule has 13 aromatic carbocycles. The van der Waals surface area contributed by atoms with Crippen LogP contribution < -0.4 is 8.45 Å². The van der Waals surface area contributed by atoms with Crippen molar-refractivity contribution in [1.82, 2.24) is 39.9 Å². The Kier molecular flexibility index (Phi) is 34.2. The summed E-state index contributed by atoms with van der Waals surface area (Å²) in [4.78, 5) is 48.3. The molecule has 4 aromatic heterocycles. The van der Waals surface area contributed by atoms with Crippen molar-refractivity contribution in [2.75, 3.05) is 3.71 Å². The number of rotatable bonds is 34. The molecule has 24 nitrogen and oxygen atoms in total. The van der Waals surface area contributed by atoms with Gasteiger partial charge in [-0.25, -0.2) is 67.0 Å². The van der Waals surface area contributed by atoms with Crippen molar-refractivity contribution in [2.24, 2.45) is 0 Å². The van der Waals surface area contributed by atoms with Gasteiger partial charge in [0.1, 0.15) is 11.5 Å².